The Kier molecular flexibility index (Phi) is 4.28. The van der Waals surface area contributed by atoms with E-state index in [-0.39, 0.29) is 11.3 Å². The van der Waals surface area contributed by atoms with E-state index in [4.69, 9.17) is 0 Å². The van der Waals surface area contributed by atoms with E-state index in [9.17, 15) is 14.0 Å². The fourth-order valence-electron chi connectivity index (χ4n) is 3.46. The normalized spacial score (nSPS) is 11.2. The van der Waals surface area contributed by atoms with Crippen molar-refractivity contribution in [3.05, 3.63) is 94.3 Å². The molecular weight excluding hydrogens is 399 g/mol. The summed E-state index contributed by atoms with van der Waals surface area (Å²) in [5.41, 5.74) is 5.48. The molecule has 0 saturated carbocycles. The smallest absolute Gasteiger partial charge is 0.267 e. The zero-order valence-electron chi connectivity index (χ0n) is 16.3. The van der Waals surface area contributed by atoms with E-state index in [2.05, 4.69) is 20.7 Å². The third kappa shape index (κ3) is 3.12. The standard InChI is InChI=1S/C22H15FN6O2/c1-13-18(14-7-9-16(23)10-8-14)20-25-24-19-17(29(20)26-13)11-12-28(22(19)31)27-21(30)15-5-3-2-4-6-15/h2-12H,1H3,(H,27,30). The first kappa shape index (κ1) is 18.6. The average molecular weight is 414 g/mol. The number of carbonyl (C=O) groups is 1. The number of halogens is 1. The molecule has 8 nitrogen and oxygen atoms in total. The predicted octanol–water partition coefficient (Wildman–Crippen LogP) is 2.94. The number of amides is 1. The van der Waals surface area contributed by atoms with Crippen LogP contribution < -0.4 is 11.0 Å². The van der Waals surface area contributed by atoms with Crippen molar-refractivity contribution in [1.29, 1.82) is 0 Å². The van der Waals surface area contributed by atoms with Crippen molar-refractivity contribution in [2.45, 2.75) is 6.92 Å². The minimum Gasteiger partial charge on any atom is -0.267 e. The molecule has 1 amide bonds. The van der Waals surface area contributed by atoms with Crippen LogP contribution >= 0.6 is 0 Å². The summed E-state index contributed by atoms with van der Waals surface area (Å²) in [5, 5.41) is 12.8. The number of nitrogens with one attached hydrogen (secondary N) is 1. The number of pyridine rings is 1. The maximum Gasteiger partial charge on any atom is 0.299 e. The molecule has 0 aliphatic carbocycles. The molecule has 0 atom stereocenters. The summed E-state index contributed by atoms with van der Waals surface area (Å²) in [7, 11) is 0. The average Bonchev–Trinajstić information content (AvgIpc) is 3.13. The van der Waals surface area contributed by atoms with Crippen LogP contribution in [0.5, 0.6) is 0 Å². The molecule has 2 aromatic carbocycles. The Morgan fingerprint density at radius 3 is 2.48 bits per heavy atom. The van der Waals surface area contributed by atoms with E-state index >= 15 is 0 Å². The fraction of sp³-hybridized carbons (Fsp3) is 0.0455. The molecule has 0 aliphatic heterocycles. The molecule has 152 valence electrons. The van der Waals surface area contributed by atoms with E-state index in [0.717, 1.165) is 10.2 Å². The van der Waals surface area contributed by atoms with Crippen molar-refractivity contribution in [1.82, 2.24) is 24.5 Å². The SMILES string of the molecule is Cc1nn2c(nnc3c(=O)n(NC(=O)c4ccccc4)ccc32)c1-c1ccc(F)cc1. The number of fused-ring (bicyclic) bond motifs is 3. The summed E-state index contributed by atoms with van der Waals surface area (Å²) in [6.45, 7) is 1.81. The van der Waals surface area contributed by atoms with Crippen molar-refractivity contribution in [3.8, 4) is 11.1 Å². The molecular formula is C22H15FN6O2. The highest BCUT2D eigenvalue weighted by molar-refractivity contribution is 6.00. The number of hydrogen-bond acceptors (Lipinski definition) is 5. The van der Waals surface area contributed by atoms with Gasteiger partial charge in [0.05, 0.1) is 11.3 Å². The van der Waals surface area contributed by atoms with Crippen molar-refractivity contribution < 1.29 is 9.18 Å². The van der Waals surface area contributed by atoms with Crippen LogP contribution in [-0.4, -0.2) is 30.4 Å². The molecule has 0 radical (unpaired) electrons. The van der Waals surface area contributed by atoms with Crippen LogP contribution in [0.4, 0.5) is 4.39 Å². The number of rotatable bonds is 3. The molecule has 0 unspecified atom stereocenters. The van der Waals surface area contributed by atoms with Gasteiger partial charge in [0.1, 0.15) is 11.3 Å². The second-order valence-corrected chi connectivity index (χ2v) is 6.93. The predicted molar refractivity (Wildman–Crippen MR) is 113 cm³/mol. The van der Waals surface area contributed by atoms with Gasteiger partial charge in [-0.15, -0.1) is 10.2 Å². The van der Waals surface area contributed by atoms with E-state index in [0.29, 0.717) is 28.0 Å². The quantitative estimate of drug-likeness (QED) is 0.490. The first-order valence-corrected chi connectivity index (χ1v) is 9.42. The second-order valence-electron chi connectivity index (χ2n) is 6.93. The summed E-state index contributed by atoms with van der Waals surface area (Å²) in [6.07, 6.45) is 1.45. The summed E-state index contributed by atoms with van der Waals surface area (Å²) < 4.78 is 15.9. The Bertz CT molecular complexity index is 1510. The molecule has 0 bridgehead atoms. The molecule has 31 heavy (non-hydrogen) atoms. The minimum absolute atomic E-state index is 0.0523. The highest BCUT2D eigenvalue weighted by Gasteiger charge is 2.18. The lowest BCUT2D eigenvalue weighted by atomic mass is 10.1. The number of carbonyl (C=O) groups excluding carboxylic acids is 1. The monoisotopic (exact) mass is 414 g/mol. The van der Waals surface area contributed by atoms with Gasteiger partial charge in [0.25, 0.3) is 11.5 Å². The molecule has 0 aliphatic rings. The largest absolute Gasteiger partial charge is 0.299 e. The van der Waals surface area contributed by atoms with Gasteiger partial charge in [0.15, 0.2) is 11.2 Å². The Hall–Kier alpha value is -4.40. The van der Waals surface area contributed by atoms with Crippen LogP contribution in [0.15, 0.2) is 71.7 Å². The maximum absolute atomic E-state index is 13.3. The summed E-state index contributed by atoms with van der Waals surface area (Å²) in [4.78, 5) is 25.3. The van der Waals surface area contributed by atoms with Crippen LogP contribution in [-0.2, 0) is 0 Å². The Morgan fingerprint density at radius 1 is 1.00 bits per heavy atom. The van der Waals surface area contributed by atoms with Crippen LogP contribution in [0.2, 0.25) is 0 Å². The van der Waals surface area contributed by atoms with Gasteiger partial charge in [-0.25, -0.2) is 13.6 Å². The molecule has 9 heteroatoms. The molecule has 5 aromatic rings. The van der Waals surface area contributed by atoms with E-state index in [1.54, 1.807) is 55.5 Å². The lowest BCUT2D eigenvalue weighted by molar-refractivity contribution is 0.101. The first-order chi connectivity index (χ1) is 15.0. The molecule has 3 aromatic heterocycles. The topological polar surface area (TPSA) is 94.2 Å². The molecule has 0 saturated heterocycles. The lowest BCUT2D eigenvalue weighted by Crippen LogP contribution is -2.33. The van der Waals surface area contributed by atoms with Crippen LogP contribution in [0.25, 0.3) is 27.8 Å². The highest BCUT2D eigenvalue weighted by atomic mass is 19.1. The summed E-state index contributed by atoms with van der Waals surface area (Å²) in [6, 6.07) is 16.2. The first-order valence-electron chi connectivity index (χ1n) is 9.42. The zero-order chi connectivity index (χ0) is 21.5. The van der Waals surface area contributed by atoms with E-state index in [1.165, 1.54) is 22.8 Å². The number of nitrogens with zero attached hydrogens (tertiary/aromatic N) is 5. The van der Waals surface area contributed by atoms with Crippen molar-refractivity contribution in [2.24, 2.45) is 0 Å². The highest BCUT2D eigenvalue weighted by Crippen LogP contribution is 2.28. The number of aromatic nitrogens is 5. The van der Waals surface area contributed by atoms with Gasteiger partial charge >= 0.3 is 0 Å². The minimum atomic E-state index is -0.535. The molecule has 0 spiro atoms. The van der Waals surface area contributed by atoms with Crippen LogP contribution in [0, 0.1) is 12.7 Å². The van der Waals surface area contributed by atoms with Gasteiger partial charge in [0.2, 0.25) is 0 Å². The second kappa shape index (κ2) is 7.13. The Balaban J connectivity index is 1.61. The molecule has 3 heterocycles. The molecule has 5 rings (SSSR count). The Labute approximate surface area is 174 Å². The van der Waals surface area contributed by atoms with Gasteiger partial charge in [-0.3, -0.25) is 15.0 Å². The van der Waals surface area contributed by atoms with Gasteiger partial charge in [-0.1, -0.05) is 30.3 Å². The molecule has 1 N–H and O–H groups in total. The van der Waals surface area contributed by atoms with Crippen LogP contribution in [0.3, 0.4) is 0 Å². The van der Waals surface area contributed by atoms with Gasteiger partial charge in [-0.05, 0) is 42.8 Å². The summed E-state index contributed by atoms with van der Waals surface area (Å²) >= 11 is 0. The Morgan fingerprint density at radius 2 is 1.74 bits per heavy atom. The van der Waals surface area contributed by atoms with E-state index < -0.39 is 11.5 Å². The molecule has 0 fully saturated rings. The van der Waals surface area contributed by atoms with Crippen molar-refractivity contribution in [3.63, 3.8) is 0 Å². The maximum atomic E-state index is 13.3. The van der Waals surface area contributed by atoms with Gasteiger partial charge in [-0.2, -0.15) is 5.10 Å². The summed E-state index contributed by atoms with van der Waals surface area (Å²) in [5.74, 6) is -0.767. The number of aryl methyl sites for hydroxylation is 1. The number of hydrogen-bond donors (Lipinski definition) is 1. The number of benzene rings is 2. The van der Waals surface area contributed by atoms with Crippen molar-refractivity contribution >= 4 is 22.6 Å². The lowest BCUT2D eigenvalue weighted by Gasteiger charge is -2.09. The van der Waals surface area contributed by atoms with Crippen LogP contribution in [0.1, 0.15) is 16.1 Å². The third-order valence-corrected chi connectivity index (χ3v) is 4.95. The fourth-order valence-corrected chi connectivity index (χ4v) is 3.46. The third-order valence-electron chi connectivity index (χ3n) is 4.95. The van der Waals surface area contributed by atoms with E-state index in [1.807, 2.05) is 0 Å². The van der Waals surface area contributed by atoms with Gasteiger partial charge in [0, 0.05) is 11.8 Å². The zero-order valence-corrected chi connectivity index (χ0v) is 16.3. The van der Waals surface area contributed by atoms with Crippen molar-refractivity contribution in [2.75, 3.05) is 5.43 Å². The van der Waals surface area contributed by atoms with Gasteiger partial charge < -0.3 is 0 Å².